The van der Waals surface area contributed by atoms with Crippen molar-refractivity contribution in [3.8, 4) is 23.0 Å². The molecule has 0 fully saturated rings. The summed E-state index contributed by atoms with van der Waals surface area (Å²) in [5, 5.41) is 23.6. The molecule has 44 heavy (non-hydrogen) atoms. The third-order valence-electron chi connectivity index (χ3n) is 9.58. The Morgan fingerprint density at radius 1 is 0.750 bits per heavy atom. The van der Waals surface area contributed by atoms with E-state index < -0.39 is 47.2 Å². The van der Waals surface area contributed by atoms with Crippen LogP contribution in [0.5, 0.6) is 23.0 Å². The van der Waals surface area contributed by atoms with E-state index in [4.69, 9.17) is 23.7 Å². The molecule has 10 heteroatoms. The standard InChI is InChI=1S/C34H30O10/c1-14-10-16-24(21(11-14)42-4)33(39)44-32-18(35)7-6-17-23-15(13-34(17,32)31(16)38)12-22(43-5)27-28(23)30(37)26-20(41-3)9-8-19(40-2)25(26)29(27)36/h6-12,17-18,31-32,35,38H,13H2,1-5H3. The van der Waals surface area contributed by atoms with Crippen molar-refractivity contribution in [3.05, 3.63) is 92.6 Å². The minimum absolute atomic E-state index is 0.0654. The molecule has 5 unspecified atom stereocenters. The van der Waals surface area contributed by atoms with Crippen LogP contribution in [0.2, 0.25) is 0 Å². The van der Waals surface area contributed by atoms with Crippen molar-refractivity contribution in [3.63, 3.8) is 0 Å². The van der Waals surface area contributed by atoms with Crippen molar-refractivity contribution in [2.75, 3.05) is 28.4 Å². The second-order valence-electron chi connectivity index (χ2n) is 11.6. The van der Waals surface area contributed by atoms with E-state index in [0.717, 1.165) is 5.56 Å². The maximum Gasteiger partial charge on any atom is 0.342 e. The van der Waals surface area contributed by atoms with E-state index in [0.29, 0.717) is 16.7 Å². The molecule has 10 nitrogen and oxygen atoms in total. The number of rotatable bonds is 4. The third kappa shape index (κ3) is 3.40. The Bertz CT molecular complexity index is 1840. The fraction of sp³-hybridized carbons (Fsp3) is 0.324. The van der Waals surface area contributed by atoms with Crippen LogP contribution < -0.4 is 18.9 Å². The number of ketones is 2. The molecular formula is C34H30O10. The smallest absolute Gasteiger partial charge is 0.342 e. The van der Waals surface area contributed by atoms with Crippen molar-refractivity contribution < 1.29 is 48.3 Å². The first kappa shape index (κ1) is 28.1. The molecule has 2 N–H and O–H groups in total. The van der Waals surface area contributed by atoms with Crippen LogP contribution in [0.15, 0.2) is 42.5 Å². The highest BCUT2D eigenvalue weighted by atomic mass is 16.6. The molecule has 0 aromatic heterocycles. The van der Waals surface area contributed by atoms with E-state index in [9.17, 15) is 24.6 Å². The molecule has 226 valence electrons. The molecule has 0 saturated carbocycles. The number of ether oxygens (including phenoxy) is 5. The summed E-state index contributed by atoms with van der Waals surface area (Å²) in [5.74, 6) is -1.56. The summed E-state index contributed by atoms with van der Waals surface area (Å²) in [4.78, 5) is 42.4. The normalized spacial score (nSPS) is 25.8. The van der Waals surface area contributed by atoms with Crippen LogP contribution in [-0.2, 0) is 11.2 Å². The van der Waals surface area contributed by atoms with E-state index in [1.54, 1.807) is 36.4 Å². The zero-order chi connectivity index (χ0) is 31.2. The average Bonchev–Trinajstić information content (AvgIpc) is 3.33. The number of hydrogen-bond donors (Lipinski definition) is 2. The average molecular weight is 599 g/mol. The van der Waals surface area contributed by atoms with Gasteiger partial charge in [-0.2, -0.15) is 0 Å². The minimum Gasteiger partial charge on any atom is -0.496 e. The number of fused-ring (bicyclic) bond motifs is 6. The lowest BCUT2D eigenvalue weighted by Gasteiger charge is -2.46. The molecule has 3 aliphatic carbocycles. The molecule has 1 aliphatic heterocycles. The second kappa shape index (κ2) is 9.67. The summed E-state index contributed by atoms with van der Waals surface area (Å²) in [6.07, 6.45) is -0.438. The van der Waals surface area contributed by atoms with Gasteiger partial charge in [-0.05, 0) is 59.9 Å². The Hall–Kier alpha value is -4.67. The quantitative estimate of drug-likeness (QED) is 0.265. The summed E-state index contributed by atoms with van der Waals surface area (Å²) in [6, 6.07) is 8.23. The van der Waals surface area contributed by atoms with Gasteiger partial charge in [-0.3, -0.25) is 9.59 Å². The van der Waals surface area contributed by atoms with Crippen molar-refractivity contribution in [1.82, 2.24) is 0 Å². The molecule has 7 rings (SSSR count). The lowest BCUT2D eigenvalue weighted by atomic mass is 9.61. The molecule has 0 amide bonds. The van der Waals surface area contributed by atoms with Gasteiger partial charge in [0.2, 0.25) is 5.78 Å². The van der Waals surface area contributed by atoms with Crippen LogP contribution in [0.3, 0.4) is 0 Å². The highest BCUT2D eigenvalue weighted by Crippen LogP contribution is 2.64. The van der Waals surface area contributed by atoms with Gasteiger partial charge >= 0.3 is 5.97 Å². The molecule has 5 atom stereocenters. The zero-order valence-corrected chi connectivity index (χ0v) is 24.7. The van der Waals surface area contributed by atoms with Crippen molar-refractivity contribution in [1.29, 1.82) is 0 Å². The monoisotopic (exact) mass is 598 g/mol. The predicted octanol–water partition coefficient (Wildman–Crippen LogP) is 3.63. The Morgan fingerprint density at radius 3 is 1.93 bits per heavy atom. The lowest BCUT2D eigenvalue weighted by Crippen LogP contribution is -2.52. The highest BCUT2D eigenvalue weighted by molar-refractivity contribution is 6.32. The fourth-order valence-electron chi connectivity index (χ4n) is 7.80. The summed E-state index contributed by atoms with van der Waals surface area (Å²) in [6.45, 7) is 1.82. The maximum absolute atomic E-state index is 14.6. The molecule has 4 aliphatic rings. The van der Waals surface area contributed by atoms with E-state index in [1.807, 2.05) is 6.92 Å². The molecule has 0 saturated heterocycles. The Balaban J connectivity index is 1.52. The molecule has 0 bridgehead atoms. The van der Waals surface area contributed by atoms with Crippen LogP contribution in [-0.4, -0.2) is 68.4 Å². The first-order chi connectivity index (χ1) is 21.1. The van der Waals surface area contributed by atoms with E-state index >= 15 is 0 Å². The number of esters is 1. The molecule has 0 radical (unpaired) electrons. The zero-order valence-electron chi connectivity index (χ0n) is 24.7. The molecule has 1 heterocycles. The van der Waals surface area contributed by atoms with E-state index in [-0.39, 0.29) is 57.2 Å². The van der Waals surface area contributed by atoms with E-state index in [1.165, 1.54) is 34.5 Å². The minimum atomic E-state index is -1.34. The molecular weight excluding hydrogens is 568 g/mol. The van der Waals surface area contributed by atoms with Crippen LogP contribution in [0.25, 0.3) is 0 Å². The van der Waals surface area contributed by atoms with Crippen LogP contribution in [0, 0.1) is 12.3 Å². The Morgan fingerprint density at radius 2 is 1.32 bits per heavy atom. The number of hydrogen-bond acceptors (Lipinski definition) is 10. The number of carbonyl (C=O) groups is 3. The van der Waals surface area contributed by atoms with E-state index in [2.05, 4.69) is 0 Å². The van der Waals surface area contributed by atoms with Crippen LogP contribution >= 0.6 is 0 Å². The number of carbonyl (C=O) groups excluding carboxylic acids is 3. The Kier molecular flexibility index (Phi) is 6.18. The first-order valence-electron chi connectivity index (χ1n) is 14.1. The predicted molar refractivity (Wildman–Crippen MR) is 155 cm³/mol. The van der Waals surface area contributed by atoms with Gasteiger partial charge in [-0.1, -0.05) is 18.2 Å². The number of aliphatic hydroxyl groups excluding tert-OH is 2. The van der Waals surface area contributed by atoms with Gasteiger partial charge in [0, 0.05) is 11.5 Å². The summed E-state index contributed by atoms with van der Waals surface area (Å²) in [7, 11) is 5.68. The topological polar surface area (TPSA) is 138 Å². The number of aryl methyl sites for hydroxylation is 1. The third-order valence-corrected chi connectivity index (χ3v) is 9.58. The highest BCUT2D eigenvalue weighted by Gasteiger charge is 2.63. The van der Waals surface area contributed by atoms with Gasteiger partial charge < -0.3 is 33.9 Å². The van der Waals surface area contributed by atoms with Crippen LogP contribution in [0.4, 0.5) is 0 Å². The van der Waals surface area contributed by atoms with Gasteiger partial charge in [0.1, 0.15) is 40.8 Å². The van der Waals surface area contributed by atoms with Gasteiger partial charge in [0.15, 0.2) is 5.78 Å². The lowest BCUT2D eigenvalue weighted by molar-refractivity contribution is -0.119. The summed E-state index contributed by atoms with van der Waals surface area (Å²) < 4.78 is 28.2. The number of benzene rings is 3. The van der Waals surface area contributed by atoms with Gasteiger partial charge in [0.25, 0.3) is 0 Å². The van der Waals surface area contributed by atoms with Gasteiger partial charge in [-0.25, -0.2) is 4.79 Å². The fourth-order valence-corrected chi connectivity index (χ4v) is 7.80. The number of aliphatic hydroxyl groups is 2. The van der Waals surface area contributed by atoms with Crippen molar-refractivity contribution in [2.24, 2.45) is 5.41 Å². The SMILES string of the molecule is COc1cc(C)cc2c1C(=O)OC1C(O)C=CC3c4c(cc(OC)c5c4C(=O)c4c(OC)ccc(OC)c4C5=O)CC31C2O. The Labute approximate surface area is 252 Å². The maximum atomic E-state index is 14.6. The molecule has 3 aromatic rings. The van der Waals surface area contributed by atoms with Crippen molar-refractivity contribution >= 4 is 17.5 Å². The van der Waals surface area contributed by atoms with Crippen LogP contribution in [0.1, 0.15) is 76.5 Å². The summed E-state index contributed by atoms with van der Waals surface area (Å²) in [5.41, 5.74) is 1.24. The molecule has 3 aromatic carbocycles. The van der Waals surface area contributed by atoms with Crippen molar-refractivity contribution in [2.45, 2.75) is 37.6 Å². The summed E-state index contributed by atoms with van der Waals surface area (Å²) >= 11 is 0. The molecule has 1 spiro atoms. The van der Waals surface area contributed by atoms with Gasteiger partial charge in [0.05, 0.1) is 56.6 Å². The first-order valence-corrected chi connectivity index (χ1v) is 14.1. The number of methoxy groups -OCH3 is 4. The second-order valence-corrected chi connectivity index (χ2v) is 11.6. The number of allylic oxidation sites excluding steroid dienone is 1. The largest absolute Gasteiger partial charge is 0.496 e. The van der Waals surface area contributed by atoms with Gasteiger partial charge in [-0.15, -0.1) is 0 Å².